The Kier molecular flexibility index (Phi) is 4.56. The lowest BCUT2D eigenvalue weighted by Gasteiger charge is -2.22. The van der Waals surface area contributed by atoms with Crippen LogP contribution in [-0.2, 0) is 11.2 Å². The topological polar surface area (TPSA) is 64.2 Å². The normalized spacial score (nSPS) is 16.9. The summed E-state index contributed by atoms with van der Waals surface area (Å²) in [5.41, 5.74) is 4.77. The van der Waals surface area contributed by atoms with Gasteiger partial charge in [-0.3, -0.25) is 4.79 Å². The van der Waals surface area contributed by atoms with Crippen LogP contribution in [0.5, 0.6) is 0 Å². The van der Waals surface area contributed by atoms with Crippen LogP contribution in [0.2, 0.25) is 0 Å². The van der Waals surface area contributed by atoms with Crippen molar-refractivity contribution in [1.29, 1.82) is 0 Å². The predicted molar refractivity (Wildman–Crippen MR) is 102 cm³/mol. The molecule has 0 N–H and O–H groups in total. The largest absolute Gasteiger partial charge is 0.359 e. The van der Waals surface area contributed by atoms with Crippen molar-refractivity contribution in [1.82, 2.24) is 19.8 Å². The molecule has 1 aliphatic heterocycles. The first-order valence-electron chi connectivity index (χ1n) is 9.38. The van der Waals surface area contributed by atoms with E-state index in [-0.39, 0.29) is 11.9 Å². The minimum atomic E-state index is -0.0107. The minimum absolute atomic E-state index is 0.0107. The molecule has 0 aliphatic carbocycles. The van der Waals surface area contributed by atoms with Crippen molar-refractivity contribution in [3.8, 4) is 5.69 Å². The van der Waals surface area contributed by atoms with Gasteiger partial charge in [0, 0.05) is 23.9 Å². The molecule has 0 saturated carbocycles. The highest BCUT2D eigenvalue weighted by Gasteiger charge is 2.33. The molecule has 1 atom stereocenters. The van der Waals surface area contributed by atoms with Crippen LogP contribution in [0, 0.1) is 20.8 Å². The summed E-state index contributed by atoms with van der Waals surface area (Å²) in [5, 5.41) is 8.64. The van der Waals surface area contributed by atoms with Gasteiger partial charge >= 0.3 is 0 Å². The van der Waals surface area contributed by atoms with E-state index >= 15 is 0 Å². The summed E-state index contributed by atoms with van der Waals surface area (Å²) in [6, 6.07) is 11.9. The minimum Gasteiger partial charge on any atom is -0.359 e. The monoisotopic (exact) mass is 364 g/mol. The number of carbonyl (C=O) groups is 1. The lowest BCUT2D eigenvalue weighted by molar-refractivity contribution is -0.131. The summed E-state index contributed by atoms with van der Waals surface area (Å²) in [7, 11) is 0. The van der Waals surface area contributed by atoms with Crippen molar-refractivity contribution in [2.24, 2.45) is 0 Å². The highest BCUT2D eigenvalue weighted by molar-refractivity contribution is 5.80. The van der Waals surface area contributed by atoms with E-state index in [4.69, 9.17) is 4.52 Å². The molecule has 4 rings (SSSR count). The molecule has 3 aromatic rings. The lowest BCUT2D eigenvalue weighted by Crippen LogP contribution is -2.32. The number of aryl methyl sites for hydroxylation is 2. The molecule has 1 aromatic carbocycles. The number of likely N-dealkylation sites (tertiary alicyclic amines) is 1. The molecule has 0 spiro atoms. The summed E-state index contributed by atoms with van der Waals surface area (Å²) in [6.45, 7) is 6.65. The van der Waals surface area contributed by atoms with Crippen LogP contribution in [0.25, 0.3) is 5.69 Å². The number of amides is 1. The third-order valence-corrected chi connectivity index (χ3v) is 5.32. The first-order valence-corrected chi connectivity index (χ1v) is 9.38. The number of nitrogens with zero attached hydrogens (tertiary/aromatic N) is 4. The van der Waals surface area contributed by atoms with Crippen LogP contribution in [-0.4, -0.2) is 32.3 Å². The summed E-state index contributed by atoms with van der Waals surface area (Å²) in [5.74, 6) is 0.900. The first kappa shape index (κ1) is 17.5. The fourth-order valence-electron chi connectivity index (χ4n) is 3.91. The van der Waals surface area contributed by atoms with Gasteiger partial charge in [-0.1, -0.05) is 23.4 Å². The summed E-state index contributed by atoms with van der Waals surface area (Å²) in [4.78, 5) is 15.0. The van der Waals surface area contributed by atoms with Crippen molar-refractivity contribution < 1.29 is 9.32 Å². The average Bonchev–Trinajstić information content (AvgIpc) is 3.37. The standard InChI is InChI=1S/C21H24N4O2/c1-14-12-20(27-23-14)19-10-7-11-24(19)21(26)13-18-15(2)22-25(16(18)3)17-8-5-4-6-9-17/h4-6,8-9,12,19H,7,10-11,13H2,1-3H3/t19-/m0/s1. The molecular weight excluding hydrogens is 340 g/mol. The maximum absolute atomic E-state index is 13.1. The Morgan fingerprint density at radius 3 is 2.70 bits per heavy atom. The molecule has 27 heavy (non-hydrogen) atoms. The zero-order chi connectivity index (χ0) is 19.0. The van der Waals surface area contributed by atoms with Gasteiger partial charge in [-0.15, -0.1) is 0 Å². The number of carbonyl (C=O) groups excluding carboxylic acids is 1. The van der Waals surface area contributed by atoms with Crippen molar-refractivity contribution in [3.63, 3.8) is 0 Å². The van der Waals surface area contributed by atoms with Crippen LogP contribution in [0.4, 0.5) is 0 Å². The highest BCUT2D eigenvalue weighted by Crippen LogP contribution is 2.33. The number of rotatable bonds is 4. The summed E-state index contributed by atoms with van der Waals surface area (Å²) < 4.78 is 7.34. The Morgan fingerprint density at radius 1 is 1.22 bits per heavy atom. The molecule has 0 unspecified atom stereocenters. The van der Waals surface area contributed by atoms with Gasteiger partial charge in [-0.05, 0) is 45.7 Å². The van der Waals surface area contributed by atoms with E-state index in [2.05, 4.69) is 10.3 Å². The van der Waals surface area contributed by atoms with Gasteiger partial charge in [-0.2, -0.15) is 5.10 Å². The molecule has 6 heteroatoms. The Hall–Kier alpha value is -2.89. The molecule has 1 saturated heterocycles. The van der Waals surface area contributed by atoms with Crippen LogP contribution in [0.15, 0.2) is 40.9 Å². The first-order chi connectivity index (χ1) is 13.0. The smallest absolute Gasteiger partial charge is 0.227 e. The molecule has 140 valence electrons. The van der Waals surface area contributed by atoms with Gasteiger partial charge in [0.15, 0.2) is 5.76 Å². The van der Waals surface area contributed by atoms with E-state index in [0.717, 1.165) is 53.5 Å². The number of aromatic nitrogens is 3. The lowest BCUT2D eigenvalue weighted by atomic mass is 10.1. The zero-order valence-electron chi connectivity index (χ0n) is 16.0. The van der Waals surface area contributed by atoms with Gasteiger partial charge in [0.25, 0.3) is 0 Å². The number of benzene rings is 1. The van der Waals surface area contributed by atoms with Gasteiger partial charge in [0.2, 0.25) is 5.91 Å². The van der Waals surface area contributed by atoms with E-state index in [1.807, 2.05) is 66.8 Å². The summed E-state index contributed by atoms with van der Waals surface area (Å²) in [6.07, 6.45) is 2.26. The Bertz CT molecular complexity index is 958. The third-order valence-electron chi connectivity index (χ3n) is 5.32. The van der Waals surface area contributed by atoms with Crippen molar-refractivity contribution in [3.05, 3.63) is 64.8 Å². The number of hydrogen-bond donors (Lipinski definition) is 0. The molecule has 3 heterocycles. The second-order valence-electron chi connectivity index (χ2n) is 7.19. The van der Waals surface area contributed by atoms with Gasteiger partial charge < -0.3 is 9.42 Å². The van der Waals surface area contributed by atoms with Crippen molar-refractivity contribution in [2.75, 3.05) is 6.54 Å². The predicted octanol–water partition coefficient (Wildman–Crippen LogP) is 3.69. The second kappa shape index (κ2) is 7.02. The third kappa shape index (κ3) is 3.27. The van der Waals surface area contributed by atoms with Gasteiger partial charge in [-0.25, -0.2) is 4.68 Å². The highest BCUT2D eigenvalue weighted by atomic mass is 16.5. The van der Waals surface area contributed by atoms with E-state index in [0.29, 0.717) is 6.42 Å². The quantitative estimate of drug-likeness (QED) is 0.708. The number of hydrogen-bond acceptors (Lipinski definition) is 4. The molecular formula is C21H24N4O2. The number of para-hydroxylation sites is 1. The van der Waals surface area contributed by atoms with Crippen LogP contribution in [0.3, 0.4) is 0 Å². The van der Waals surface area contributed by atoms with Crippen LogP contribution >= 0.6 is 0 Å². The second-order valence-corrected chi connectivity index (χ2v) is 7.19. The molecule has 1 aliphatic rings. The molecule has 0 bridgehead atoms. The van der Waals surface area contributed by atoms with Crippen molar-refractivity contribution >= 4 is 5.91 Å². The zero-order valence-corrected chi connectivity index (χ0v) is 16.0. The Balaban J connectivity index is 1.57. The fraction of sp³-hybridized carbons (Fsp3) is 0.381. The molecule has 2 aromatic heterocycles. The fourth-order valence-corrected chi connectivity index (χ4v) is 3.91. The Labute approximate surface area is 158 Å². The maximum Gasteiger partial charge on any atom is 0.227 e. The van der Waals surface area contributed by atoms with Gasteiger partial charge in [0.05, 0.1) is 29.5 Å². The van der Waals surface area contributed by atoms with E-state index < -0.39 is 0 Å². The van der Waals surface area contributed by atoms with E-state index in [9.17, 15) is 4.79 Å². The molecule has 0 radical (unpaired) electrons. The van der Waals surface area contributed by atoms with Crippen molar-refractivity contribution in [2.45, 2.75) is 46.1 Å². The molecule has 1 fully saturated rings. The van der Waals surface area contributed by atoms with E-state index in [1.54, 1.807) is 0 Å². The van der Waals surface area contributed by atoms with Crippen LogP contribution in [0.1, 0.15) is 47.3 Å². The summed E-state index contributed by atoms with van der Waals surface area (Å²) >= 11 is 0. The van der Waals surface area contributed by atoms with Crippen LogP contribution < -0.4 is 0 Å². The maximum atomic E-state index is 13.1. The average molecular weight is 364 g/mol. The molecule has 1 amide bonds. The van der Waals surface area contributed by atoms with Gasteiger partial charge in [0.1, 0.15) is 0 Å². The SMILES string of the molecule is Cc1cc([C@@H]2CCCN2C(=O)Cc2c(C)nn(-c3ccccc3)c2C)on1. The Morgan fingerprint density at radius 2 is 2.00 bits per heavy atom. The van der Waals surface area contributed by atoms with E-state index in [1.165, 1.54) is 0 Å². The molecule has 6 nitrogen and oxygen atoms in total.